The molecular weight excluding hydrogens is 515 g/mol. The van der Waals surface area contributed by atoms with Crippen LogP contribution in [0.15, 0.2) is 57.0 Å². The van der Waals surface area contributed by atoms with Crippen LogP contribution in [-0.2, 0) is 19.6 Å². The van der Waals surface area contributed by atoms with Crippen molar-refractivity contribution in [3.05, 3.63) is 89.8 Å². The number of alkyl halides is 3. The molecule has 0 fully saturated rings. The van der Waals surface area contributed by atoms with Gasteiger partial charge in [0.1, 0.15) is 0 Å². The second-order valence-electron chi connectivity index (χ2n) is 8.55. The van der Waals surface area contributed by atoms with Gasteiger partial charge in [-0.25, -0.2) is 14.2 Å². The van der Waals surface area contributed by atoms with Gasteiger partial charge in [-0.2, -0.15) is 13.2 Å². The Bertz CT molecular complexity index is 1750. The number of ether oxygens (including phenoxy) is 1. The number of benzene rings is 2. The highest BCUT2D eigenvalue weighted by Crippen LogP contribution is 2.40. The molecule has 13 heteroatoms. The SMILES string of the molecule is Cn1c(=O)sc2cc(-n3cc(OC(=O)O)c(=O)n(C4CCCc5c4cccc5C(F)(F)F)c3=O)ccc21. The minimum Gasteiger partial charge on any atom is -0.449 e. The fraction of sp³-hybridized carbons (Fsp3) is 0.250. The maximum Gasteiger partial charge on any atom is 0.511 e. The number of hydrogen-bond donors (Lipinski definition) is 1. The summed E-state index contributed by atoms with van der Waals surface area (Å²) in [5.74, 6) is -0.687. The summed E-state index contributed by atoms with van der Waals surface area (Å²) in [4.78, 5) is 50.0. The number of fused-ring (bicyclic) bond motifs is 2. The molecule has 1 N–H and O–H groups in total. The van der Waals surface area contributed by atoms with Crippen LogP contribution in [0.5, 0.6) is 5.75 Å². The second kappa shape index (κ2) is 8.76. The van der Waals surface area contributed by atoms with Gasteiger partial charge in [0.25, 0.3) is 5.56 Å². The highest BCUT2D eigenvalue weighted by molar-refractivity contribution is 7.16. The number of carboxylic acid groups (broad SMARTS) is 1. The van der Waals surface area contributed by atoms with Crippen molar-refractivity contribution in [3.63, 3.8) is 0 Å². The molecule has 0 radical (unpaired) electrons. The molecule has 4 aromatic rings. The Kier molecular flexibility index (Phi) is 5.82. The third-order valence-corrected chi connectivity index (χ3v) is 7.43. The molecule has 2 aromatic carbocycles. The topological polar surface area (TPSA) is 113 Å². The Morgan fingerprint density at radius 2 is 1.92 bits per heavy atom. The van der Waals surface area contributed by atoms with Crippen LogP contribution in [0.25, 0.3) is 15.9 Å². The molecule has 37 heavy (non-hydrogen) atoms. The normalized spacial score (nSPS) is 15.5. The first-order valence-electron chi connectivity index (χ1n) is 11.1. The van der Waals surface area contributed by atoms with Gasteiger partial charge in [0, 0.05) is 7.05 Å². The van der Waals surface area contributed by atoms with E-state index in [1.807, 2.05) is 0 Å². The zero-order valence-corrected chi connectivity index (χ0v) is 19.9. The molecule has 1 atom stereocenters. The standard InChI is InChI=1S/C24H18F3N3O6S/c1-28-17-9-8-12(10-19(17)37-22(28)33)29-11-18(36-23(34)35)20(31)30(21(29)32)16-7-3-4-13-14(16)5-2-6-15(13)24(25,26)27/h2,5-6,8-11,16H,3-4,7H2,1H3,(H,34,35). The summed E-state index contributed by atoms with van der Waals surface area (Å²) in [6, 6.07) is 7.14. The molecule has 9 nitrogen and oxygen atoms in total. The Labute approximate surface area is 209 Å². The molecule has 2 aromatic heterocycles. The number of nitrogens with zero attached hydrogens (tertiary/aromatic N) is 3. The van der Waals surface area contributed by atoms with Crippen molar-refractivity contribution in [1.82, 2.24) is 13.7 Å². The van der Waals surface area contributed by atoms with Crippen LogP contribution < -0.4 is 20.9 Å². The lowest BCUT2D eigenvalue weighted by atomic mass is 9.84. The molecule has 0 amide bonds. The number of aryl methyl sites for hydroxylation is 1. The first kappa shape index (κ1) is 24.6. The van der Waals surface area contributed by atoms with Gasteiger partial charge in [-0.3, -0.25) is 14.2 Å². The third-order valence-electron chi connectivity index (χ3n) is 6.43. The summed E-state index contributed by atoms with van der Waals surface area (Å²) >= 11 is 0.930. The number of hydrogen-bond acceptors (Lipinski definition) is 6. The van der Waals surface area contributed by atoms with E-state index in [-0.39, 0.29) is 40.9 Å². The van der Waals surface area contributed by atoms with Gasteiger partial charge in [0.05, 0.1) is 33.7 Å². The van der Waals surface area contributed by atoms with E-state index in [0.29, 0.717) is 10.2 Å². The minimum atomic E-state index is -4.63. The van der Waals surface area contributed by atoms with Crippen molar-refractivity contribution < 1.29 is 27.8 Å². The third kappa shape index (κ3) is 4.14. The quantitative estimate of drug-likeness (QED) is 0.400. The van der Waals surface area contributed by atoms with Gasteiger partial charge in [0.15, 0.2) is 0 Å². The molecule has 1 aliphatic carbocycles. The summed E-state index contributed by atoms with van der Waals surface area (Å²) < 4.78 is 49.4. The first-order chi connectivity index (χ1) is 17.5. The summed E-state index contributed by atoms with van der Waals surface area (Å²) in [6.45, 7) is 0. The van der Waals surface area contributed by atoms with Crippen LogP contribution in [0.1, 0.15) is 35.6 Å². The van der Waals surface area contributed by atoms with Gasteiger partial charge in [0.2, 0.25) is 5.75 Å². The van der Waals surface area contributed by atoms with E-state index in [4.69, 9.17) is 5.11 Å². The van der Waals surface area contributed by atoms with Crippen molar-refractivity contribution in [2.24, 2.45) is 7.05 Å². The van der Waals surface area contributed by atoms with Crippen LogP contribution in [0.2, 0.25) is 0 Å². The van der Waals surface area contributed by atoms with Crippen LogP contribution in [0.3, 0.4) is 0 Å². The van der Waals surface area contributed by atoms with Crippen LogP contribution >= 0.6 is 11.3 Å². The lowest BCUT2D eigenvalue weighted by molar-refractivity contribution is -0.138. The molecule has 192 valence electrons. The van der Waals surface area contributed by atoms with Crippen molar-refractivity contribution in [3.8, 4) is 11.4 Å². The minimum absolute atomic E-state index is 0.0101. The number of thiazole rings is 1. The van der Waals surface area contributed by atoms with Crippen molar-refractivity contribution >= 4 is 27.7 Å². The molecule has 5 rings (SSSR count). The van der Waals surface area contributed by atoms with Gasteiger partial charge in [-0.05, 0) is 54.7 Å². The zero-order chi connectivity index (χ0) is 26.6. The van der Waals surface area contributed by atoms with Gasteiger partial charge in [-0.1, -0.05) is 23.5 Å². The van der Waals surface area contributed by atoms with Crippen LogP contribution in [0, 0.1) is 0 Å². The average molecular weight is 533 g/mol. The van der Waals surface area contributed by atoms with Gasteiger partial charge >= 0.3 is 22.9 Å². The molecule has 1 unspecified atom stereocenters. The Morgan fingerprint density at radius 1 is 1.16 bits per heavy atom. The predicted octanol–water partition coefficient (Wildman–Crippen LogP) is 3.91. The lowest BCUT2D eigenvalue weighted by Gasteiger charge is -2.29. The van der Waals surface area contributed by atoms with Crippen molar-refractivity contribution in [2.45, 2.75) is 31.5 Å². The molecule has 1 aliphatic rings. The van der Waals surface area contributed by atoms with E-state index in [0.717, 1.165) is 32.7 Å². The monoisotopic (exact) mass is 533 g/mol. The van der Waals surface area contributed by atoms with E-state index in [9.17, 15) is 32.3 Å². The van der Waals surface area contributed by atoms with E-state index >= 15 is 0 Å². The van der Waals surface area contributed by atoms with Gasteiger partial charge < -0.3 is 14.4 Å². The summed E-state index contributed by atoms with van der Waals surface area (Å²) in [5.41, 5.74) is -1.85. The molecule has 0 aliphatic heterocycles. The fourth-order valence-corrected chi connectivity index (χ4v) is 5.72. The number of carbonyl (C=O) groups is 1. The Hall–Kier alpha value is -4.13. The molecule has 2 heterocycles. The van der Waals surface area contributed by atoms with E-state index in [1.54, 1.807) is 13.1 Å². The van der Waals surface area contributed by atoms with Crippen LogP contribution in [0.4, 0.5) is 18.0 Å². The molecule has 0 saturated heterocycles. The smallest absolute Gasteiger partial charge is 0.449 e. The average Bonchev–Trinajstić information content (AvgIpc) is 3.12. The fourth-order valence-electron chi connectivity index (χ4n) is 4.80. The predicted molar refractivity (Wildman–Crippen MR) is 128 cm³/mol. The molecule has 0 bridgehead atoms. The number of aromatic nitrogens is 3. The maximum absolute atomic E-state index is 13.7. The summed E-state index contributed by atoms with van der Waals surface area (Å²) in [7, 11) is 1.59. The van der Waals surface area contributed by atoms with Crippen molar-refractivity contribution in [1.29, 1.82) is 0 Å². The molecular formula is C24H18F3N3O6S. The molecule has 0 spiro atoms. The lowest BCUT2D eigenvalue weighted by Crippen LogP contribution is -2.43. The number of rotatable bonds is 3. The van der Waals surface area contributed by atoms with Crippen LogP contribution in [-0.4, -0.2) is 25.0 Å². The highest BCUT2D eigenvalue weighted by Gasteiger charge is 2.37. The van der Waals surface area contributed by atoms with E-state index < -0.39 is 40.9 Å². The zero-order valence-electron chi connectivity index (χ0n) is 19.1. The second-order valence-corrected chi connectivity index (χ2v) is 9.54. The Morgan fingerprint density at radius 3 is 2.62 bits per heavy atom. The maximum atomic E-state index is 13.7. The van der Waals surface area contributed by atoms with E-state index in [1.165, 1.54) is 28.8 Å². The largest absolute Gasteiger partial charge is 0.511 e. The molecule has 0 saturated carbocycles. The summed E-state index contributed by atoms with van der Waals surface area (Å²) in [5, 5.41) is 9.16. The highest BCUT2D eigenvalue weighted by atomic mass is 32.1. The number of halogens is 3. The summed E-state index contributed by atoms with van der Waals surface area (Å²) in [6.07, 6.45) is -4.94. The Balaban J connectivity index is 1.77. The van der Waals surface area contributed by atoms with Crippen molar-refractivity contribution in [2.75, 3.05) is 0 Å². The first-order valence-corrected chi connectivity index (χ1v) is 11.9. The van der Waals surface area contributed by atoms with Gasteiger partial charge in [-0.15, -0.1) is 0 Å². The van der Waals surface area contributed by atoms with E-state index in [2.05, 4.69) is 4.74 Å².